The zero-order chi connectivity index (χ0) is 16.1. The van der Waals surface area contributed by atoms with Crippen molar-refractivity contribution in [3.8, 4) is 0 Å². The summed E-state index contributed by atoms with van der Waals surface area (Å²) in [6, 6.07) is 10.1. The average Bonchev–Trinajstić information content (AvgIpc) is 2.48. The minimum atomic E-state index is -1.03. The van der Waals surface area contributed by atoms with Crippen molar-refractivity contribution in [1.82, 2.24) is 4.98 Å². The van der Waals surface area contributed by atoms with E-state index in [4.69, 9.17) is 5.73 Å². The SMILES string of the molecule is CC(C)Nc1c(C(=O)O)cnc(CCc2ccccc2)c1N. The van der Waals surface area contributed by atoms with E-state index in [0.717, 1.165) is 12.1 Å². The van der Waals surface area contributed by atoms with Crippen LogP contribution in [0.3, 0.4) is 0 Å². The molecule has 1 heterocycles. The number of carboxylic acid groups (broad SMARTS) is 1. The molecule has 0 amide bonds. The van der Waals surface area contributed by atoms with E-state index in [2.05, 4.69) is 22.4 Å². The molecule has 5 heteroatoms. The molecule has 0 bridgehead atoms. The first kappa shape index (κ1) is 15.8. The van der Waals surface area contributed by atoms with Crippen LogP contribution >= 0.6 is 0 Å². The molecule has 2 aromatic rings. The Morgan fingerprint density at radius 1 is 1.27 bits per heavy atom. The molecule has 0 saturated heterocycles. The number of anilines is 2. The van der Waals surface area contributed by atoms with Crippen LogP contribution in [-0.4, -0.2) is 22.1 Å². The molecule has 0 aliphatic heterocycles. The van der Waals surface area contributed by atoms with Gasteiger partial charge in [0.15, 0.2) is 0 Å². The Morgan fingerprint density at radius 3 is 2.55 bits per heavy atom. The van der Waals surface area contributed by atoms with E-state index >= 15 is 0 Å². The minimum absolute atomic E-state index is 0.0878. The Hall–Kier alpha value is -2.56. The summed E-state index contributed by atoms with van der Waals surface area (Å²) in [4.78, 5) is 15.5. The number of aromatic carboxylic acids is 1. The third-order valence-electron chi connectivity index (χ3n) is 3.36. The number of hydrogen-bond acceptors (Lipinski definition) is 4. The number of aromatic nitrogens is 1. The van der Waals surface area contributed by atoms with Crippen LogP contribution < -0.4 is 11.1 Å². The first-order valence-electron chi connectivity index (χ1n) is 7.30. The molecule has 116 valence electrons. The maximum absolute atomic E-state index is 11.3. The Kier molecular flexibility index (Phi) is 4.99. The van der Waals surface area contributed by atoms with Crippen LogP contribution in [-0.2, 0) is 12.8 Å². The van der Waals surface area contributed by atoms with E-state index in [1.165, 1.54) is 11.8 Å². The number of hydrogen-bond donors (Lipinski definition) is 3. The Morgan fingerprint density at radius 2 is 1.95 bits per heavy atom. The number of carboxylic acids is 1. The molecule has 0 fully saturated rings. The van der Waals surface area contributed by atoms with Gasteiger partial charge in [-0.2, -0.15) is 0 Å². The Balaban J connectivity index is 2.27. The van der Waals surface area contributed by atoms with Crippen LogP contribution in [0.1, 0.15) is 35.5 Å². The molecule has 0 spiro atoms. The van der Waals surface area contributed by atoms with E-state index in [1.54, 1.807) is 0 Å². The zero-order valence-corrected chi connectivity index (χ0v) is 12.8. The van der Waals surface area contributed by atoms with Crippen molar-refractivity contribution >= 4 is 17.3 Å². The van der Waals surface area contributed by atoms with E-state index in [0.29, 0.717) is 17.8 Å². The first-order chi connectivity index (χ1) is 10.5. The number of benzene rings is 1. The molecule has 0 atom stereocenters. The van der Waals surface area contributed by atoms with Gasteiger partial charge >= 0.3 is 5.97 Å². The second-order valence-corrected chi connectivity index (χ2v) is 5.50. The highest BCUT2D eigenvalue weighted by atomic mass is 16.4. The molecule has 2 rings (SSSR count). The average molecular weight is 299 g/mol. The van der Waals surface area contributed by atoms with Crippen LogP contribution in [0.2, 0.25) is 0 Å². The normalized spacial score (nSPS) is 10.7. The summed E-state index contributed by atoms with van der Waals surface area (Å²) in [5.41, 5.74) is 9.05. The fourth-order valence-electron chi connectivity index (χ4n) is 2.28. The molecule has 0 aliphatic carbocycles. The predicted octanol–water partition coefficient (Wildman–Crippen LogP) is 2.97. The van der Waals surface area contributed by atoms with Crippen molar-refractivity contribution < 1.29 is 9.90 Å². The Bertz CT molecular complexity index is 654. The highest BCUT2D eigenvalue weighted by Gasteiger charge is 2.17. The number of aryl methyl sites for hydroxylation is 2. The van der Waals surface area contributed by atoms with Gasteiger partial charge in [0.1, 0.15) is 5.56 Å². The van der Waals surface area contributed by atoms with Crippen molar-refractivity contribution in [3.05, 3.63) is 53.3 Å². The van der Waals surface area contributed by atoms with E-state index in [9.17, 15) is 9.90 Å². The molecule has 22 heavy (non-hydrogen) atoms. The molecule has 0 aliphatic rings. The number of nitrogens with two attached hydrogens (primary N) is 1. The molecule has 0 unspecified atom stereocenters. The molecular weight excluding hydrogens is 278 g/mol. The summed E-state index contributed by atoms with van der Waals surface area (Å²) in [6.07, 6.45) is 2.86. The standard InChI is InChI=1S/C17H21N3O2/c1-11(2)20-16-13(17(21)22)10-19-14(15(16)18)9-8-12-6-4-3-5-7-12/h3-7,10-11H,8-9,18H2,1-2H3,(H,19,20)(H,21,22). The van der Waals surface area contributed by atoms with Gasteiger partial charge in [0, 0.05) is 12.2 Å². The van der Waals surface area contributed by atoms with Gasteiger partial charge in [0.05, 0.1) is 17.1 Å². The lowest BCUT2D eigenvalue weighted by molar-refractivity contribution is 0.0697. The van der Waals surface area contributed by atoms with Crippen LogP contribution in [0.4, 0.5) is 11.4 Å². The number of carbonyl (C=O) groups is 1. The molecule has 5 nitrogen and oxygen atoms in total. The van der Waals surface area contributed by atoms with Crippen molar-refractivity contribution in [3.63, 3.8) is 0 Å². The summed E-state index contributed by atoms with van der Waals surface area (Å²) >= 11 is 0. The molecule has 4 N–H and O–H groups in total. The summed E-state index contributed by atoms with van der Waals surface area (Å²) in [5, 5.41) is 12.4. The number of nitrogen functional groups attached to an aromatic ring is 1. The zero-order valence-electron chi connectivity index (χ0n) is 12.8. The summed E-state index contributed by atoms with van der Waals surface area (Å²) < 4.78 is 0. The van der Waals surface area contributed by atoms with Gasteiger partial charge in [-0.15, -0.1) is 0 Å². The molecule has 1 aromatic heterocycles. The lowest BCUT2D eigenvalue weighted by Gasteiger charge is -2.17. The summed E-state index contributed by atoms with van der Waals surface area (Å²) in [6.45, 7) is 3.88. The van der Waals surface area contributed by atoms with Crippen LogP contribution in [0.25, 0.3) is 0 Å². The van der Waals surface area contributed by atoms with Crippen molar-refractivity contribution in [2.24, 2.45) is 0 Å². The third-order valence-corrected chi connectivity index (χ3v) is 3.36. The fourth-order valence-corrected chi connectivity index (χ4v) is 2.28. The lowest BCUT2D eigenvalue weighted by atomic mass is 10.0. The van der Waals surface area contributed by atoms with Crippen molar-refractivity contribution in [1.29, 1.82) is 0 Å². The number of rotatable bonds is 6. The van der Waals surface area contributed by atoms with Gasteiger partial charge in [0.2, 0.25) is 0 Å². The maximum Gasteiger partial charge on any atom is 0.339 e. The minimum Gasteiger partial charge on any atom is -0.478 e. The van der Waals surface area contributed by atoms with Gasteiger partial charge in [-0.1, -0.05) is 30.3 Å². The summed E-state index contributed by atoms with van der Waals surface area (Å²) in [7, 11) is 0. The smallest absolute Gasteiger partial charge is 0.339 e. The van der Waals surface area contributed by atoms with Crippen LogP contribution in [0.5, 0.6) is 0 Å². The second-order valence-electron chi connectivity index (χ2n) is 5.50. The highest BCUT2D eigenvalue weighted by molar-refractivity contribution is 5.97. The van der Waals surface area contributed by atoms with Gasteiger partial charge in [-0.25, -0.2) is 4.79 Å². The molecule has 0 saturated carbocycles. The topological polar surface area (TPSA) is 88.2 Å². The van der Waals surface area contributed by atoms with Gasteiger partial charge in [-0.3, -0.25) is 4.98 Å². The third kappa shape index (κ3) is 3.75. The van der Waals surface area contributed by atoms with Crippen LogP contribution in [0.15, 0.2) is 36.5 Å². The van der Waals surface area contributed by atoms with E-state index < -0.39 is 5.97 Å². The number of nitrogens with one attached hydrogen (secondary N) is 1. The van der Waals surface area contributed by atoms with Crippen LogP contribution in [0, 0.1) is 0 Å². The highest BCUT2D eigenvalue weighted by Crippen LogP contribution is 2.27. The molecule has 1 aromatic carbocycles. The van der Waals surface area contributed by atoms with Gasteiger partial charge < -0.3 is 16.2 Å². The monoisotopic (exact) mass is 299 g/mol. The Labute approximate surface area is 130 Å². The van der Waals surface area contributed by atoms with Gasteiger partial charge in [0.25, 0.3) is 0 Å². The van der Waals surface area contributed by atoms with Crippen molar-refractivity contribution in [2.75, 3.05) is 11.1 Å². The molecule has 0 radical (unpaired) electrons. The van der Waals surface area contributed by atoms with E-state index in [1.807, 2.05) is 32.0 Å². The maximum atomic E-state index is 11.3. The van der Waals surface area contributed by atoms with E-state index in [-0.39, 0.29) is 11.6 Å². The molecular formula is C17H21N3O2. The first-order valence-corrected chi connectivity index (χ1v) is 7.30. The van der Waals surface area contributed by atoms with Crippen molar-refractivity contribution in [2.45, 2.75) is 32.7 Å². The lowest BCUT2D eigenvalue weighted by Crippen LogP contribution is -2.17. The second kappa shape index (κ2) is 6.93. The predicted molar refractivity (Wildman–Crippen MR) is 88.2 cm³/mol. The largest absolute Gasteiger partial charge is 0.478 e. The quantitative estimate of drug-likeness (QED) is 0.763. The summed E-state index contributed by atoms with van der Waals surface area (Å²) in [5.74, 6) is -1.03. The number of pyridine rings is 1. The number of nitrogens with zero attached hydrogens (tertiary/aromatic N) is 1. The van der Waals surface area contributed by atoms with Gasteiger partial charge in [-0.05, 0) is 32.3 Å². The fraction of sp³-hybridized carbons (Fsp3) is 0.294.